The molecule has 0 bridgehead atoms. The number of amides is 3. The Morgan fingerprint density at radius 1 is 1.14 bits per heavy atom. The Balaban J connectivity index is 1.15. The maximum atomic E-state index is 13.7. The summed E-state index contributed by atoms with van der Waals surface area (Å²) < 4.78 is 69.7. The highest BCUT2D eigenvalue weighted by atomic mass is 35.5. The molecule has 0 spiro atoms. The summed E-state index contributed by atoms with van der Waals surface area (Å²) in [4.78, 5) is 41.9. The van der Waals surface area contributed by atoms with Crippen LogP contribution in [0.25, 0.3) is 11.3 Å². The number of carbonyl (C=O) groups is 3. The van der Waals surface area contributed by atoms with Crippen LogP contribution >= 0.6 is 11.6 Å². The van der Waals surface area contributed by atoms with Crippen molar-refractivity contribution in [2.75, 3.05) is 18.4 Å². The molecule has 3 aromatic rings. The van der Waals surface area contributed by atoms with E-state index in [1.807, 2.05) is 0 Å². The number of benzene rings is 1. The number of nitrogens with one attached hydrogen (secondary N) is 2. The van der Waals surface area contributed by atoms with Crippen LogP contribution in [0.3, 0.4) is 0 Å². The number of nitrogens with zero attached hydrogens (tertiary/aromatic N) is 5. The van der Waals surface area contributed by atoms with Crippen LogP contribution in [0.2, 0.25) is 5.02 Å². The Bertz CT molecular complexity index is 1630. The fourth-order valence-corrected chi connectivity index (χ4v) is 5.66. The molecule has 4 atom stereocenters. The fraction of sp³-hybridized carbons (Fsp3) is 0.400. The van der Waals surface area contributed by atoms with E-state index in [2.05, 4.69) is 20.7 Å². The number of rotatable bonds is 6. The summed E-state index contributed by atoms with van der Waals surface area (Å²) >= 11 is 6.28. The Hall–Kier alpha value is -4.21. The Morgan fingerprint density at radius 3 is 2.38 bits per heavy atom. The van der Waals surface area contributed by atoms with E-state index in [1.165, 1.54) is 30.1 Å². The van der Waals surface area contributed by atoms with E-state index in [9.17, 15) is 36.3 Å². The molecule has 1 aromatic carbocycles. The lowest BCUT2D eigenvalue weighted by Gasteiger charge is -2.16. The smallest absolute Gasteiger partial charge is 0.435 e. The molecule has 3 fully saturated rings. The van der Waals surface area contributed by atoms with E-state index >= 15 is 0 Å². The SMILES string of the molecule is Cn1c(-c2cn([C@@H]3CC3(F)F)nc2C(F)(F)F)cnc1C(=O)Nc1ccc(C(=O)N[C@H]2[C@@H]3CN(C(=O)O)C[C@@H]32)c(Cl)c1. The average Bonchev–Trinajstić information content (AvgIpc) is 3.42. The van der Waals surface area contributed by atoms with Gasteiger partial charge in [0.05, 0.1) is 28.0 Å². The van der Waals surface area contributed by atoms with Gasteiger partial charge in [0.25, 0.3) is 17.7 Å². The van der Waals surface area contributed by atoms with Gasteiger partial charge in [-0.1, -0.05) is 11.6 Å². The molecule has 2 aromatic heterocycles. The topological polar surface area (TPSA) is 134 Å². The molecule has 0 radical (unpaired) electrons. The standard InChI is InChI=1S/C25H21ClF5N7O4/c1-36-16(14-9-38(17-5-24(17,27)28)35-19(14)25(29,30)31)6-32-20(36)22(40)33-10-2-3-11(15(26)4-10)21(39)34-18-12-7-37(23(41)42)8-13(12)18/h2-4,6,9,12-13,17-18H,5,7-8H2,1H3,(H,33,40)(H,34,39)(H,41,42)/t12-,13+,17-,18+/m1/s1. The van der Waals surface area contributed by atoms with Crippen molar-refractivity contribution in [3.05, 3.63) is 52.7 Å². The zero-order chi connectivity index (χ0) is 30.3. The number of likely N-dealkylation sites (tertiary alicyclic amines) is 1. The van der Waals surface area contributed by atoms with Gasteiger partial charge in [0.2, 0.25) is 0 Å². The van der Waals surface area contributed by atoms with Crippen LogP contribution in [0.5, 0.6) is 0 Å². The fourth-order valence-electron chi connectivity index (χ4n) is 5.39. The number of carbonyl (C=O) groups excluding carboxylic acids is 2. The lowest BCUT2D eigenvalue weighted by Crippen LogP contribution is -2.36. The van der Waals surface area contributed by atoms with Crippen molar-refractivity contribution in [1.82, 2.24) is 29.5 Å². The maximum Gasteiger partial charge on any atom is 0.435 e. The lowest BCUT2D eigenvalue weighted by atomic mass is 10.2. The summed E-state index contributed by atoms with van der Waals surface area (Å²) in [5.41, 5.74) is -1.75. The van der Waals surface area contributed by atoms with Gasteiger partial charge < -0.3 is 25.2 Å². The molecule has 3 amide bonds. The quantitative estimate of drug-likeness (QED) is 0.358. The summed E-state index contributed by atoms with van der Waals surface area (Å²) in [6, 6.07) is 2.47. The lowest BCUT2D eigenvalue weighted by molar-refractivity contribution is -0.141. The molecule has 222 valence electrons. The van der Waals surface area contributed by atoms with Gasteiger partial charge in [-0.15, -0.1) is 0 Å². The Kier molecular flexibility index (Phi) is 6.25. The van der Waals surface area contributed by atoms with E-state index in [0.717, 1.165) is 17.0 Å². The van der Waals surface area contributed by atoms with Crippen LogP contribution in [-0.4, -0.2) is 72.3 Å². The van der Waals surface area contributed by atoms with Crippen molar-refractivity contribution >= 4 is 35.2 Å². The molecule has 2 aliphatic carbocycles. The first-order valence-corrected chi connectivity index (χ1v) is 13.0. The summed E-state index contributed by atoms with van der Waals surface area (Å²) in [6.07, 6.45) is -4.69. The number of halogens is 6. The van der Waals surface area contributed by atoms with Gasteiger partial charge in [0.1, 0.15) is 6.04 Å². The third kappa shape index (κ3) is 4.82. The molecule has 0 unspecified atom stereocenters. The molecular formula is C25H21ClF5N7O4. The molecule has 17 heteroatoms. The number of piperidine rings is 1. The highest BCUT2D eigenvalue weighted by Crippen LogP contribution is 2.53. The molecule has 1 aliphatic heterocycles. The minimum Gasteiger partial charge on any atom is -0.465 e. The minimum atomic E-state index is -4.95. The Morgan fingerprint density at radius 2 is 1.81 bits per heavy atom. The highest BCUT2D eigenvalue weighted by molar-refractivity contribution is 6.34. The summed E-state index contributed by atoms with van der Waals surface area (Å²) in [5, 5.41) is 17.8. The van der Waals surface area contributed by atoms with Crippen LogP contribution in [0.4, 0.5) is 32.4 Å². The van der Waals surface area contributed by atoms with Crippen LogP contribution in [0.1, 0.15) is 39.1 Å². The monoisotopic (exact) mass is 613 g/mol. The number of imidazole rings is 1. The van der Waals surface area contributed by atoms with Crippen molar-refractivity contribution in [2.24, 2.45) is 18.9 Å². The maximum absolute atomic E-state index is 13.7. The first kappa shape index (κ1) is 27.9. The molecule has 42 heavy (non-hydrogen) atoms. The molecule has 3 heterocycles. The van der Waals surface area contributed by atoms with Crippen molar-refractivity contribution in [3.63, 3.8) is 0 Å². The third-order valence-corrected chi connectivity index (χ3v) is 8.13. The van der Waals surface area contributed by atoms with Gasteiger partial charge in [-0.25, -0.2) is 18.6 Å². The molecule has 1 saturated heterocycles. The molecule has 6 rings (SSSR count). The third-order valence-electron chi connectivity index (χ3n) is 7.81. The Labute approximate surface area is 238 Å². The van der Waals surface area contributed by atoms with Crippen LogP contribution in [0.15, 0.2) is 30.6 Å². The van der Waals surface area contributed by atoms with Gasteiger partial charge >= 0.3 is 12.3 Å². The normalized spacial score (nSPS) is 23.8. The second-order valence-electron chi connectivity index (χ2n) is 10.5. The molecule has 3 aliphatic rings. The van der Waals surface area contributed by atoms with Gasteiger partial charge in [0.15, 0.2) is 11.5 Å². The van der Waals surface area contributed by atoms with E-state index in [0.29, 0.717) is 17.8 Å². The highest BCUT2D eigenvalue weighted by Gasteiger charge is 2.60. The van der Waals surface area contributed by atoms with Crippen LogP contribution in [0, 0.1) is 11.8 Å². The zero-order valence-corrected chi connectivity index (χ0v) is 22.2. The largest absolute Gasteiger partial charge is 0.465 e. The number of anilines is 1. The zero-order valence-electron chi connectivity index (χ0n) is 21.5. The summed E-state index contributed by atoms with van der Waals surface area (Å²) in [6.45, 7) is 0.684. The van der Waals surface area contributed by atoms with E-state index < -0.39 is 53.7 Å². The summed E-state index contributed by atoms with van der Waals surface area (Å²) in [5.74, 6) is -4.61. The number of alkyl halides is 5. The minimum absolute atomic E-state index is 0.0166. The molecular weight excluding hydrogens is 593 g/mol. The molecule has 11 nitrogen and oxygen atoms in total. The van der Waals surface area contributed by atoms with Gasteiger partial charge in [-0.2, -0.15) is 18.3 Å². The van der Waals surface area contributed by atoms with Gasteiger partial charge in [-0.3, -0.25) is 14.3 Å². The predicted octanol–water partition coefficient (Wildman–Crippen LogP) is 4.13. The van der Waals surface area contributed by atoms with Gasteiger partial charge in [-0.05, 0) is 18.2 Å². The number of carboxylic acid groups (broad SMARTS) is 1. The average molecular weight is 614 g/mol. The van der Waals surface area contributed by atoms with Crippen LogP contribution < -0.4 is 10.6 Å². The van der Waals surface area contributed by atoms with E-state index in [4.69, 9.17) is 16.7 Å². The van der Waals surface area contributed by atoms with Crippen molar-refractivity contribution < 1.29 is 41.4 Å². The summed E-state index contributed by atoms with van der Waals surface area (Å²) in [7, 11) is 1.30. The first-order chi connectivity index (χ1) is 19.7. The van der Waals surface area contributed by atoms with E-state index in [-0.39, 0.29) is 45.7 Å². The van der Waals surface area contributed by atoms with Gasteiger partial charge in [0, 0.05) is 56.3 Å². The number of fused-ring (bicyclic) bond motifs is 1. The second-order valence-corrected chi connectivity index (χ2v) is 10.9. The van der Waals surface area contributed by atoms with Crippen molar-refractivity contribution in [3.8, 4) is 11.3 Å². The number of hydrogen-bond acceptors (Lipinski definition) is 5. The van der Waals surface area contributed by atoms with E-state index in [1.54, 1.807) is 0 Å². The second kappa shape index (κ2) is 9.40. The molecule has 3 N–H and O–H groups in total. The first-order valence-electron chi connectivity index (χ1n) is 12.6. The van der Waals surface area contributed by atoms with Crippen LogP contribution in [-0.2, 0) is 13.2 Å². The molecule has 2 saturated carbocycles. The van der Waals surface area contributed by atoms with Crippen molar-refractivity contribution in [2.45, 2.75) is 30.6 Å². The number of hydrogen-bond donors (Lipinski definition) is 3. The van der Waals surface area contributed by atoms with Crippen molar-refractivity contribution in [1.29, 1.82) is 0 Å². The predicted molar refractivity (Wildman–Crippen MR) is 135 cm³/mol. The number of aromatic nitrogens is 4.